The molecule has 2 fully saturated rings. The smallest absolute Gasteiger partial charge is 0.254 e. The minimum absolute atomic E-state index is 0.129. The molecule has 1 amide bonds. The number of amides is 1. The van der Waals surface area contributed by atoms with Gasteiger partial charge in [0.2, 0.25) is 0 Å². The molecule has 4 heteroatoms. The molecule has 1 saturated carbocycles. The number of anilines is 1. The van der Waals surface area contributed by atoms with Crippen LogP contribution in [0.25, 0.3) is 0 Å². The summed E-state index contributed by atoms with van der Waals surface area (Å²) in [5.41, 5.74) is 9.47. The van der Waals surface area contributed by atoms with Gasteiger partial charge in [-0.25, -0.2) is 0 Å². The number of nitrogens with two attached hydrogens (primary N) is 1. The first-order valence-electron chi connectivity index (χ1n) is 7.46. The van der Waals surface area contributed by atoms with Crippen molar-refractivity contribution in [3.05, 3.63) is 28.8 Å². The van der Waals surface area contributed by atoms with E-state index in [9.17, 15) is 4.79 Å². The molecule has 1 aromatic rings. The maximum Gasteiger partial charge on any atom is 0.254 e. The molecule has 2 N–H and O–H groups in total. The summed E-state index contributed by atoms with van der Waals surface area (Å²) in [6.07, 6.45) is 2.67. The Morgan fingerprint density at radius 3 is 2.35 bits per heavy atom. The van der Waals surface area contributed by atoms with E-state index in [4.69, 9.17) is 5.73 Å². The fourth-order valence-electron chi connectivity index (χ4n) is 3.00. The van der Waals surface area contributed by atoms with Gasteiger partial charge in [0.15, 0.2) is 0 Å². The van der Waals surface area contributed by atoms with Crippen LogP contribution < -0.4 is 5.73 Å². The van der Waals surface area contributed by atoms with E-state index in [-0.39, 0.29) is 5.91 Å². The minimum Gasteiger partial charge on any atom is -0.398 e. The Morgan fingerprint density at radius 1 is 1.10 bits per heavy atom. The summed E-state index contributed by atoms with van der Waals surface area (Å²) in [5.74, 6) is 0.129. The number of carbonyl (C=O) groups excluding carboxylic acids is 1. The van der Waals surface area contributed by atoms with Gasteiger partial charge in [-0.1, -0.05) is 6.07 Å². The molecular formula is C16H23N3O. The van der Waals surface area contributed by atoms with E-state index in [1.807, 2.05) is 30.9 Å². The van der Waals surface area contributed by atoms with Crippen molar-refractivity contribution in [2.75, 3.05) is 31.9 Å². The van der Waals surface area contributed by atoms with E-state index in [0.29, 0.717) is 5.69 Å². The van der Waals surface area contributed by atoms with E-state index >= 15 is 0 Å². The third-order valence-corrected chi connectivity index (χ3v) is 4.51. The quantitative estimate of drug-likeness (QED) is 0.836. The monoisotopic (exact) mass is 273 g/mol. The van der Waals surface area contributed by atoms with Crippen LogP contribution in [0.2, 0.25) is 0 Å². The maximum absolute atomic E-state index is 12.6. The number of nitrogen functional groups attached to an aromatic ring is 1. The molecular weight excluding hydrogens is 250 g/mol. The average molecular weight is 273 g/mol. The third-order valence-electron chi connectivity index (χ3n) is 4.51. The molecule has 0 bridgehead atoms. The molecule has 2 aliphatic rings. The van der Waals surface area contributed by atoms with E-state index in [1.54, 1.807) is 0 Å². The highest BCUT2D eigenvalue weighted by molar-refractivity contribution is 5.96. The predicted molar refractivity (Wildman–Crippen MR) is 80.8 cm³/mol. The summed E-state index contributed by atoms with van der Waals surface area (Å²) in [6, 6.07) is 4.63. The molecule has 3 rings (SSSR count). The van der Waals surface area contributed by atoms with Crippen molar-refractivity contribution in [1.29, 1.82) is 0 Å². The van der Waals surface area contributed by atoms with Gasteiger partial charge >= 0.3 is 0 Å². The first-order chi connectivity index (χ1) is 9.56. The summed E-state index contributed by atoms with van der Waals surface area (Å²) >= 11 is 0. The van der Waals surface area contributed by atoms with Gasteiger partial charge in [0, 0.05) is 43.5 Å². The molecule has 0 unspecified atom stereocenters. The highest BCUT2D eigenvalue weighted by Crippen LogP contribution is 2.28. The number of nitrogens with zero attached hydrogens (tertiary/aromatic N) is 2. The first-order valence-corrected chi connectivity index (χ1v) is 7.46. The Bertz CT molecular complexity index is 529. The van der Waals surface area contributed by atoms with Gasteiger partial charge in [-0.3, -0.25) is 9.69 Å². The second kappa shape index (κ2) is 5.09. The fraction of sp³-hybridized carbons (Fsp3) is 0.562. The molecule has 0 radical (unpaired) electrons. The molecule has 20 heavy (non-hydrogen) atoms. The average Bonchev–Trinajstić information content (AvgIpc) is 3.27. The lowest BCUT2D eigenvalue weighted by Gasteiger charge is -2.35. The van der Waals surface area contributed by atoms with Crippen LogP contribution in [-0.2, 0) is 0 Å². The zero-order valence-corrected chi connectivity index (χ0v) is 12.4. The molecule has 0 atom stereocenters. The van der Waals surface area contributed by atoms with Gasteiger partial charge in [0.25, 0.3) is 5.91 Å². The largest absolute Gasteiger partial charge is 0.398 e. The Labute approximate surface area is 120 Å². The number of benzene rings is 1. The highest BCUT2D eigenvalue weighted by atomic mass is 16.2. The van der Waals surface area contributed by atoms with Crippen molar-refractivity contribution in [3.63, 3.8) is 0 Å². The second-order valence-corrected chi connectivity index (χ2v) is 6.08. The van der Waals surface area contributed by atoms with Crippen LogP contribution in [0.4, 0.5) is 5.69 Å². The van der Waals surface area contributed by atoms with E-state index < -0.39 is 0 Å². The van der Waals surface area contributed by atoms with Crippen molar-refractivity contribution >= 4 is 11.6 Å². The van der Waals surface area contributed by atoms with Crippen molar-refractivity contribution in [2.45, 2.75) is 32.7 Å². The minimum atomic E-state index is 0.129. The topological polar surface area (TPSA) is 49.6 Å². The van der Waals surface area contributed by atoms with E-state index in [1.165, 1.54) is 12.8 Å². The van der Waals surface area contributed by atoms with Crippen LogP contribution in [0.5, 0.6) is 0 Å². The van der Waals surface area contributed by atoms with Gasteiger partial charge in [0.05, 0.1) is 0 Å². The molecule has 4 nitrogen and oxygen atoms in total. The van der Waals surface area contributed by atoms with Gasteiger partial charge in [-0.15, -0.1) is 0 Å². The highest BCUT2D eigenvalue weighted by Gasteiger charge is 2.32. The second-order valence-electron chi connectivity index (χ2n) is 6.08. The first kappa shape index (κ1) is 13.4. The van der Waals surface area contributed by atoms with E-state index in [0.717, 1.165) is 48.9 Å². The Kier molecular flexibility index (Phi) is 3.42. The van der Waals surface area contributed by atoms with Gasteiger partial charge in [-0.05, 0) is 43.9 Å². The Morgan fingerprint density at radius 2 is 1.75 bits per heavy atom. The lowest BCUT2D eigenvalue weighted by molar-refractivity contribution is 0.0626. The van der Waals surface area contributed by atoms with Gasteiger partial charge < -0.3 is 10.6 Å². The summed E-state index contributed by atoms with van der Waals surface area (Å²) < 4.78 is 0. The zero-order chi connectivity index (χ0) is 14.3. The van der Waals surface area contributed by atoms with Crippen LogP contribution >= 0.6 is 0 Å². The molecule has 1 saturated heterocycles. The maximum atomic E-state index is 12.6. The summed E-state index contributed by atoms with van der Waals surface area (Å²) in [7, 11) is 0. The number of hydrogen-bond donors (Lipinski definition) is 1. The molecule has 0 aromatic heterocycles. The lowest BCUT2D eigenvalue weighted by atomic mass is 10.0. The summed E-state index contributed by atoms with van der Waals surface area (Å²) in [6.45, 7) is 7.66. The number of hydrogen-bond acceptors (Lipinski definition) is 3. The molecule has 1 aromatic carbocycles. The third kappa shape index (κ3) is 2.52. The van der Waals surface area contributed by atoms with Gasteiger partial charge in [0.1, 0.15) is 0 Å². The number of rotatable bonds is 2. The Hall–Kier alpha value is -1.55. The predicted octanol–water partition coefficient (Wildman–Crippen LogP) is 1.81. The van der Waals surface area contributed by atoms with Crippen molar-refractivity contribution < 1.29 is 4.79 Å². The lowest BCUT2D eigenvalue weighted by Crippen LogP contribution is -2.49. The summed E-state index contributed by atoms with van der Waals surface area (Å²) in [5, 5.41) is 0. The number of carbonyl (C=O) groups is 1. The van der Waals surface area contributed by atoms with Gasteiger partial charge in [-0.2, -0.15) is 0 Å². The van der Waals surface area contributed by atoms with E-state index in [2.05, 4.69) is 4.90 Å². The summed E-state index contributed by atoms with van der Waals surface area (Å²) in [4.78, 5) is 17.1. The zero-order valence-electron chi connectivity index (χ0n) is 12.4. The van der Waals surface area contributed by atoms with Crippen LogP contribution in [0.1, 0.15) is 34.3 Å². The standard InChI is InChI=1S/C16H23N3O/c1-11-9-12(2)15(17)10-14(11)16(20)19-7-5-18(6-8-19)13-3-4-13/h9-10,13H,3-8,17H2,1-2H3. The van der Waals surface area contributed by atoms with Crippen molar-refractivity contribution in [3.8, 4) is 0 Å². The van der Waals surface area contributed by atoms with Crippen LogP contribution in [0, 0.1) is 13.8 Å². The Balaban J connectivity index is 1.71. The fourth-order valence-corrected chi connectivity index (χ4v) is 3.00. The molecule has 1 aliphatic heterocycles. The van der Waals surface area contributed by atoms with Crippen LogP contribution in [0.15, 0.2) is 12.1 Å². The molecule has 1 heterocycles. The molecule has 0 spiro atoms. The molecule has 1 aliphatic carbocycles. The van der Waals surface area contributed by atoms with Crippen LogP contribution in [-0.4, -0.2) is 47.9 Å². The van der Waals surface area contributed by atoms with Crippen LogP contribution in [0.3, 0.4) is 0 Å². The van der Waals surface area contributed by atoms with Crippen molar-refractivity contribution in [2.24, 2.45) is 0 Å². The number of aryl methyl sites for hydroxylation is 2. The normalized spacial score (nSPS) is 20.2. The number of piperazine rings is 1. The molecule has 108 valence electrons. The van der Waals surface area contributed by atoms with Crippen molar-refractivity contribution in [1.82, 2.24) is 9.80 Å². The SMILES string of the molecule is Cc1cc(C)c(C(=O)N2CCN(C3CC3)CC2)cc1N.